The molecule has 5 heteroatoms. The summed E-state index contributed by atoms with van der Waals surface area (Å²) in [6.45, 7) is 0. The molecule has 0 saturated heterocycles. The largest absolute Gasteiger partial charge is 0.481 e. The number of pyridine rings is 2. The average molecular weight is 229 g/mol. The summed E-state index contributed by atoms with van der Waals surface area (Å²) in [6, 6.07) is 5.11. The summed E-state index contributed by atoms with van der Waals surface area (Å²) in [5.74, 6) is 0.489. The molecule has 2 heterocycles. The van der Waals surface area contributed by atoms with Crippen LogP contribution in [-0.2, 0) is 0 Å². The third-order valence-corrected chi connectivity index (χ3v) is 2.28. The Morgan fingerprint density at radius 2 is 2.00 bits per heavy atom. The van der Waals surface area contributed by atoms with Gasteiger partial charge >= 0.3 is 0 Å². The Morgan fingerprint density at radius 3 is 2.71 bits per heavy atom. The molecule has 0 aromatic carbocycles. The molecule has 0 N–H and O–H groups in total. The Hall–Kier alpha value is -1.06. The van der Waals surface area contributed by atoms with Gasteiger partial charge in [0, 0.05) is 11.5 Å². The van der Waals surface area contributed by atoms with E-state index in [9.17, 15) is 0 Å². The van der Waals surface area contributed by atoms with E-state index in [2.05, 4.69) is 9.97 Å². The Labute approximate surface area is 90.6 Å². The smallest absolute Gasteiger partial charge is 0.215 e. The summed E-state index contributed by atoms with van der Waals surface area (Å²) < 4.78 is 4.96. The van der Waals surface area contributed by atoms with Gasteiger partial charge in [-0.1, -0.05) is 23.2 Å². The van der Waals surface area contributed by atoms with E-state index in [1.165, 1.54) is 0 Å². The fraction of sp³-hybridized carbons (Fsp3) is 0.111. The average Bonchev–Trinajstić information content (AvgIpc) is 2.16. The molecule has 2 aromatic heterocycles. The standard InChI is InChI=1S/C9H6Cl2N2O/c1-14-8-3-2-5-6(10)4-7(11)12-9(5)13-8/h2-4H,1H3. The molecule has 0 aliphatic heterocycles. The molecular formula is C9H6Cl2N2O. The van der Waals surface area contributed by atoms with Gasteiger partial charge in [-0.2, -0.15) is 4.98 Å². The van der Waals surface area contributed by atoms with Gasteiger partial charge in [-0.15, -0.1) is 0 Å². The van der Waals surface area contributed by atoms with Gasteiger partial charge in [0.25, 0.3) is 0 Å². The maximum atomic E-state index is 5.95. The van der Waals surface area contributed by atoms with E-state index in [0.29, 0.717) is 21.7 Å². The number of aromatic nitrogens is 2. The first kappa shape index (κ1) is 9.49. The molecule has 0 aliphatic carbocycles. The van der Waals surface area contributed by atoms with Crippen molar-refractivity contribution in [2.45, 2.75) is 0 Å². The van der Waals surface area contributed by atoms with E-state index in [1.807, 2.05) is 0 Å². The molecule has 2 aromatic rings. The van der Waals surface area contributed by atoms with Crippen LogP contribution in [0.25, 0.3) is 11.0 Å². The maximum absolute atomic E-state index is 5.95. The van der Waals surface area contributed by atoms with Gasteiger partial charge in [0.05, 0.1) is 12.1 Å². The molecule has 0 atom stereocenters. The van der Waals surface area contributed by atoms with Crippen molar-refractivity contribution in [1.29, 1.82) is 0 Å². The van der Waals surface area contributed by atoms with Gasteiger partial charge in [-0.25, -0.2) is 4.98 Å². The van der Waals surface area contributed by atoms with Crippen molar-refractivity contribution in [3.8, 4) is 5.88 Å². The molecule has 0 bridgehead atoms. The predicted molar refractivity (Wildman–Crippen MR) is 56.1 cm³/mol. The highest BCUT2D eigenvalue weighted by Crippen LogP contribution is 2.25. The Bertz CT molecular complexity index is 487. The maximum Gasteiger partial charge on any atom is 0.215 e. The zero-order valence-corrected chi connectivity index (χ0v) is 8.80. The Morgan fingerprint density at radius 1 is 1.21 bits per heavy atom. The third kappa shape index (κ3) is 1.61. The lowest BCUT2D eigenvalue weighted by Gasteiger charge is -2.02. The molecule has 0 spiro atoms. The molecule has 14 heavy (non-hydrogen) atoms. The van der Waals surface area contributed by atoms with Crippen molar-refractivity contribution < 1.29 is 4.74 Å². The molecule has 0 aliphatic rings. The fourth-order valence-electron chi connectivity index (χ4n) is 1.13. The van der Waals surface area contributed by atoms with Gasteiger partial charge in [0.15, 0.2) is 5.65 Å². The van der Waals surface area contributed by atoms with E-state index < -0.39 is 0 Å². The first-order valence-corrected chi connectivity index (χ1v) is 4.63. The monoisotopic (exact) mass is 228 g/mol. The zero-order valence-electron chi connectivity index (χ0n) is 7.29. The molecular weight excluding hydrogens is 223 g/mol. The van der Waals surface area contributed by atoms with Crippen molar-refractivity contribution in [1.82, 2.24) is 9.97 Å². The van der Waals surface area contributed by atoms with Gasteiger partial charge in [-0.3, -0.25) is 0 Å². The number of rotatable bonds is 1. The molecule has 0 unspecified atom stereocenters. The number of ether oxygens (including phenoxy) is 1. The van der Waals surface area contributed by atoms with Crippen molar-refractivity contribution in [2.75, 3.05) is 7.11 Å². The Kier molecular flexibility index (Phi) is 2.44. The van der Waals surface area contributed by atoms with E-state index >= 15 is 0 Å². The topological polar surface area (TPSA) is 35.0 Å². The normalized spacial score (nSPS) is 10.5. The van der Waals surface area contributed by atoms with Gasteiger partial charge in [0.1, 0.15) is 5.15 Å². The van der Waals surface area contributed by atoms with Gasteiger partial charge in [-0.05, 0) is 12.1 Å². The fourth-order valence-corrected chi connectivity index (χ4v) is 1.63. The second-order valence-corrected chi connectivity index (χ2v) is 3.45. The quantitative estimate of drug-likeness (QED) is 0.705. The van der Waals surface area contributed by atoms with Gasteiger partial charge < -0.3 is 4.74 Å². The molecule has 0 saturated carbocycles. The third-order valence-electron chi connectivity index (χ3n) is 1.77. The van der Waals surface area contributed by atoms with Crippen molar-refractivity contribution >= 4 is 34.2 Å². The minimum absolute atomic E-state index is 0.322. The summed E-state index contributed by atoms with van der Waals surface area (Å²) in [7, 11) is 1.54. The number of hydrogen-bond acceptors (Lipinski definition) is 3. The van der Waals surface area contributed by atoms with Crippen molar-refractivity contribution in [3.63, 3.8) is 0 Å². The van der Waals surface area contributed by atoms with E-state index in [0.717, 1.165) is 5.39 Å². The predicted octanol–water partition coefficient (Wildman–Crippen LogP) is 2.95. The summed E-state index contributed by atoms with van der Waals surface area (Å²) >= 11 is 11.7. The summed E-state index contributed by atoms with van der Waals surface area (Å²) in [5.41, 5.74) is 0.488. The van der Waals surface area contributed by atoms with Crippen LogP contribution in [-0.4, -0.2) is 17.1 Å². The lowest BCUT2D eigenvalue weighted by molar-refractivity contribution is 0.399. The lowest BCUT2D eigenvalue weighted by Crippen LogP contribution is -1.90. The van der Waals surface area contributed by atoms with Gasteiger partial charge in [0.2, 0.25) is 5.88 Å². The molecule has 2 rings (SSSR count). The molecule has 0 amide bonds. The van der Waals surface area contributed by atoms with E-state index in [-0.39, 0.29) is 0 Å². The zero-order chi connectivity index (χ0) is 10.1. The number of hydrogen-bond donors (Lipinski definition) is 0. The van der Waals surface area contributed by atoms with Crippen LogP contribution in [0, 0.1) is 0 Å². The highest BCUT2D eigenvalue weighted by atomic mass is 35.5. The van der Waals surface area contributed by atoms with Crippen LogP contribution in [0.1, 0.15) is 0 Å². The Balaban J connectivity index is 2.75. The molecule has 0 radical (unpaired) electrons. The highest BCUT2D eigenvalue weighted by Gasteiger charge is 2.05. The first-order valence-electron chi connectivity index (χ1n) is 3.87. The number of methoxy groups -OCH3 is 1. The van der Waals surface area contributed by atoms with Crippen molar-refractivity contribution in [2.24, 2.45) is 0 Å². The first-order chi connectivity index (χ1) is 6.70. The van der Waals surface area contributed by atoms with Crippen LogP contribution in [0.15, 0.2) is 18.2 Å². The highest BCUT2D eigenvalue weighted by molar-refractivity contribution is 6.37. The van der Waals surface area contributed by atoms with Crippen LogP contribution in [0.4, 0.5) is 0 Å². The van der Waals surface area contributed by atoms with Crippen LogP contribution in [0.5, 0.6) is 5.88 Å². The van der Waals surface area contributed by atoms with Crippen molar-refractivity contribution in [3.05, 3.63) is 28.4 Å². The number of halogens is 2. The van der Waals surface area contributed by atoms with Crippen LogP contribution in [0.2, 0.25) is 10.2 Å². The second kappa shape index (κ2) is 3.59. The lowest BCUT2D eigenvalue weighted by atomic mass is 10.3. The number of fused-ring (bicyclic) bond motifs is 1. The molecule has 72 valence electrons. The van der Waals surface area contributed by atoms with E-state index in [4.69, 9.17) is 27.9 Å². The number of nitrogens with zero attached hydrogens (tertiary/aromatic N) is 2. The SMILES string of the molecule is COc1ccc2c(Cl)cc(Cl)nc2n1. The summed E-state index contributed by atoms with van der Waals surface area (Å²) in [5, 5.41) is 1.62. The van der Waals surface area contributed by atoms with Crippen LogP contribution < -0.4 is 4.74 Å². The molecule has 0 fully saturated rings. The van der Waals surface area contributed by atoms with E-state index in [1.54, 1.807) is 25.3 Å². The minimum Gasteiger partial charge on any atom is -0.481 e. The molecule has 3 nitrogen and oxygen atoms in total. The van der Waals surface area contributed by atoms with Crippen LogP contribution >= 0.6 is 23.2 Å². The minimum atomic E-state index is 0.322. The second-order valence-electron chi connectivity index (χ2n) is 2.65. The summed E-state index contributed by atoms with van der Waals surface area (Å²) in [4.78, 5) is 8.15. The van der Waals surface area contributed by atoms with Crippen LogP contribution in [0.3, 0.4) is 0 Å². The summed E-state index contributed by atoms with van der Waals surface area (Å²) in [6.07, 6.45) is 0.